The van der Waals surface area contributed by atoms with Gasteiger partial charge in [-0.3, -0.25) is 29.8 Å². The lowest BCUT2D eigenvalue weighted by atomic mass is 9.94. The summed E-state index contributed by atoms with van der Waals surface area (Å²) in [6, 6.07) is 30.2. The van der Waals surface area contributed by atoms with Crippen LogP contribution in [0.4, 0.5) is 34.1 Å². The van der Waals surface area contributed by atoms with Gasteiger partial charge in [-0.2, -0.15) is 0 Å². The number of non-ortho nitro benzene ring substituents is 2. The summed E-state index contributed by atoms with van der Waals surface area (Å²) in [6.07, 6.45) is 0.600. The molecule has 1 aliphatic heterocycles. The highest BCUT2D eigenvalue weighted by atomic mass is 16.6. The van der Waals surface area contributed by atoms with Gasteiger partial charge in [-0.1, -0.05) is 12.1 Å². The first-order valence-corrected chi connectivity index (χ1v) is 16.0. The smallest absolute Gasteiger partial charge is 0.273 e. The van der Waals surface area contributed by atoms with Crippen LogP contribution in [0.5, 0.6) is 0 Å². The van der Waals surface area contributed by atoms with Gasteiger partial charge in [-0.05, 0) is 71.8 Å². The van der Waals surface area contributed by atoms with Crippen molar-refractivity contribution in [1.29, 1.82) is 0 Å². The second kappa shape index (κ2) is 11.5. The monoisotopic (exact) mass is 689 g/mol. The van der Waals surface area contributed by atoms with Crippen LogP contribution in [0.1, 0.15) is 31.8 Å². The third-order valence-electron chi connectivity index (χ3n) is 9.25. The second-order valence-electron chi connectivity index (χ2n) is 12.5. The van der Waals surface area contributed by atoms with Crippen molar-refractivity contribution in [3.63, 3.8) is 0 Å². The number of nitrogens with zero attached hydrogens (tertiary/aromatic N) is 2. The van der Waals surface area contributed by atoms with E-state index in [-0.39, 0.29) is 23.2 Å². The van der Waals surface area contributed by atoms with Gasteiger partial charge in [0.25, 0.3) is 23.2 Å². The van der Waals surface area contributed by atoms with Crippen LogP contribution in [0.2, 0.25) is 0 Å². The first kappa shape index (κ1) is 30.5. The molecule has 13 heteroatoms. The van der Waals surface area contributed by atoms with Crippen LogP contribution in [0.25, 0.3) is 43.9 Å². The van der Waals surface area contributed by atoms with Gasteiger partial charge in [0.05, 0.1) is 22.0 Å². The average molecular weight is 690 g/mol. The topological polar surface area (TPSA) is 183 Å². The maximum Gasteiger partial charge on any atom is 0.273 e. The number of nitro groups is 2. The van der Waals surface area contributed by atoms with E-state index in [1.165, 1.54) is 24.3 Å². The van der Waals surface area contributed by atoms with Crippen LogP contribution < -0.4 is 16.0 Å². The summed E-state index contributed by atoms with van der Waals surface area (Å²) in [4.78, 5) is 48.1. The molecular formula is C39H23N5O8. The Labute approximate surface area is 291 Å². The summed E-state index contributed by atoms with van der Waals surface area (Å²) < 4.78 is 11.7. The second-order valence-corrected chi connectivity index (χ2v) is 12.5. The molecule has 52 heavy (non-hydrogen) atoms. The van der Waals surface area contributed by atoms with Gasteiger partial charge in [-0.25, -0.2) is 0 Å². The molecule has 0 atom stereocenters. The lowest BCUT2D eigenvalue weighted by Crippen LogP contribution is -2.15. The third-order valence-corrected chi connectivity index (χ3v) is 9.25. The van der Waals surface area contributed by atoms with Gasteiger partial charge in [0.15, 0.2) is 0 Å². The zero-order valence-electron chi connectivity index (χ0n) is 26.8. The predicted molar refractivity (Wildman–Crippen MR) is 196 cm³/mol. The Kier molecular flexibility index (Phi) is 6.76. The molecular weight excluding hydrogens is 666 g/mol. The molecule has 1 aliphatic rings. The molecule has 0 unspecified atom stereocenters. The summed E-state index contributed by atoms with van der Waals surface area (Å²) in [7, 11) is 0. The van der Waals surface area contributed by atoms with Gasteiger partial charge in [-0.15, -0.1) is 0 Å². The minimum Gasteiger partial charge on any atom is -0.456 e. The van der Waals surface area contributed by atoms with Crippen LogP contribution >= 0.6 is 0 Å². The normalized spacial score (nSPS) is 12.0. The molecule has 8 aromatic rings. The number of fused-ring (bicyclic) bond motifs is 8. The summed E-state index contributed by atoms with van der Waals surface area (Å²) in [5, 5.41) is 34.6. The van der Waals surface area contributed by atoms with E-state index in [0.717, 1.165) is 44.0 Å². The fourth-order valence-electron chi connectivity index (χ4n) is 6.65. The SMILES string of the molecule is O=C(Nc1ccc2c(c1)oc1cc([N+](=O)[O-])ccc12)c1ccc2c(c1)Nc1cc(C(=O)Nc3ccc4c(c3)oc3cc([N+](=O)[O-])ccc34)ccc1C2. The van der Waals surface area contributed by atoms with Gasteiger partial charge in [0.1, 0.15) is 22.3 Å². The van der Waals surface area contributed by atoms with Crippen LogP contribution in [-0.4, -0.2) is 21.7 Å². The molecule has 3 N–H and O–H groups in total. The van der Waals surface area contributed by atoms with Crippen molar-refractivity contribution >= 4 is 89.8 Å². The Hall–Kier alpha value is -7.54. The first-order chi connectivity index (χ1) is 25.2. The van der Waals surface area contributed by atoms with Crippen molar-refractivity contribution in [1.82, 2.24) is 0 Å². The number of amides is 2. The van der Waals surface area contributed by atoms with E-state index < -0.39 is 9.85 Å². The standard InChI is InChI=1S/C39H23N5O8/c45-38(40-24-5-9-28-30-11-7-26(43(47)48)18-36(30)51-34(28)16-24)22-3-1-20-13-21-2-4-23(15-33(21)42-32(20)14-22)39(46)41-25-6-10-29-31-12-8-27(44(49)50)19-37(31)52-35(29)17-25/h1-12,14-19,42H,13H2,(H,40,45)(H,41,46). The maximum atomic E-state index is 13.3. The van der Waals surface area contributed by atoms with Gasteiger partial charge >= 0.3 is 0 Å². The van der Waals surface area contributed by atoms with Crippen molar-refractivity contribution in [2.45, 2.75) is 6.42 Å². The number of hydrogen-bond donors (Lipinski definition) is 3. The third kappa shape index (κ3) is 5.20. The molecule has 0 saturated carbocycles. The quantitative estimate of drug-likeness (QED) is 0.113. The fourth-order valence-corrected chi connectivity index (χ4v) is 6.65. The van der Waals surface area contributed by atoms with Crippen molar-refractivity contribution in [3.8, 4) is 0 Å². The molecule has 13 nitrogen and oxygen atoms in total. The average Bonchev–Trinajstić information content (AvgIpc) is 3.69. The Morgan fingerprint density at radius 1 is 0.538 bits per heavy atom. The highest BCUT2D eigenvalue weighted by Crippen LogP contribution is 2.37. The minimum absolute atomic E-state index is 0.0697. The zero-order chi connectivity index (χ0) is 35.7. The van der Waals surface area contributed by atoms with E-state index in [4.69, 9.17) is 8.83 Å². The Bertz CT molecular complexity index is 2680. The molecule has 3 heterocycles. The number of rotatable bonds is 6. The Morgan fingerprint density at radius 2 is 0.942 bits per heavy atom. The van der Waals surface area contributed by atoms with E-state index in [2.05, 4.69) is 16.0 Å². The van der Waals surface area contributed by atoms with Crippen molar-refractivity contribution in [3.05, 3.63) is 152 Å². The Morgan fingerprint density at radius 3 is 1.37 bits per heavy atom. The van der Waals surface area contributed by atoms with Crippen molar-refractivity contribution in [2.75, 3.05) is 16.0 Å². The summed E-state index contributed by atoms with van der Waals surface area (Å²) >= 11 is 0. The van der Waals surface area contributed by atoms with Gasteiger partial charge in [0, 0.05) is 86.1 Å². The van der Waals surface area contributed by atoms with E-state index in [9.17, 15) is 29.8 Å². The number of furan rings is 2. The lowest BCUT2D eigenvalue weighted by Gasteiger charge is -2.23. The largest absolute Gasteiger partial charge is 0.456 e. The molecule has 0 saturated heterocycles. The molecule has 252 valence electrons. The number of carbonyl (C=O) groups excluding carboxylic acids is 2. The highest BCUT2D eigenvalue weighted by molar-refractivity contribution is 6.11. The van der Waals surface area contributed by atoms with Crippen molar-refractivity contribution < 1.29 is 28.3 Å². The molecule has 2 aromatic heterocycles. The highest BCUT2D eigenvalue weighted by Gasteiger charge is 2.20. The Balaban J connectivity index is 0.914. The predicted octanol–water partition coefficient (Wildman–Crippen LogP) is 9.45. The number of anilines is 4. The van der Waals surface area contributed by atoms with Gasteiger partial charge in [0.2, 0.25) is 0 Å². The number of hydrogen-bond acceptors (Lipinski definition) is 9. The molecule has 0 radical (unpaired) electrons. The zero-order valence-corrected chi connectivity index (χ0v) is 26.8. The fraction of sp³-hybridized carbons (Fsp3) is 0.0256. The molecule has 0 spiro atoms. The summed E-state index contributed by atoms with van der Waals surface area (Å²) in [5.74, 6) is -0.677. The number of nitro benzene ring substituents is 2. The van der Waals surface area contributed by atoms with Crippen LogP contribution in [0.3, 0.4) is 0 Å². The van der Waals surface area contributed by atoms with E-state index in [1.807, 2.05) is 12.1 Å². The maximum absolute atomic E-state index is 13.3. The molecule has 2 amide bonds. The number of nitrogens with one attached hydrogen (secondary N) is 3. The van der Waals surface area contributed by atoms with E-state index >= 15 is 0 Å². The summed E-state index contributed by atoms with van der Waals surface area (Å²) in [5.41, 5.74) is 6.89. The van der Waals surface area contributed by atoms with Crippen LogP contribution in [0, 0.1) is 20.2 Å². The minimum atomic E-state index is -0.479. The van der Waals surface area contributed by atoms with Crippen molar-refractivity contribution in [2.24, 2.45) is 0 Å². The van der Waals surface area contributed by atoms with E-state index in [1.54, 1.807) is 72.8 Å². The molecule has 0 fully saturated rings. The van der Waals surface area contributed by atoms with Gasteiger partial charge < -0.3 is 24.8 Å². The molecule has 0 bridgehead atoms. The lowest BCUT2D eigenvalue weighted by molar-refractivity contribution is -0.384. The molecule has 0 aliphatic carbocycles. The molecule has 9 rings (SSSR count). The van der Waals surface area contributed by atoms with Crippen LogP contribution in [0.15, 0.2) is 118 Å². The molecule has 6 aromatic carbocycles. The summed E-state index contributed by atoms with van der Waals surface area (Å²) in [6.45, 7) is 0. The first-order valence-electron chi connectivity index (χ1n) is 16.0. The van der Waals surface area contributed by atoms with Crippen LogP contribution in [-0.2, 0) is 6.42 Å². The van der Waals surface area contributed by atoms with E-state index in [0.29, 0.717) is 51.3 Å². The number of benzene rings is 6. The number of carbonyl (C=O) groups is 2.